The molecule has 0 saturated carbocycles. The van der Waals surface area contributed by atoms with Crippen LogP contribution in [0.3, 0.4) is 0 Å². The number of thiol groups is 1. The summed E-state index contributed by atoms with van der Waals surface area (Å²) in [6.45, 7) is 0.236. The molecule has 0 aromatic heterocycles. The molecule has 0 saturated heterocycles. The molecule has 0 heterocycles. The third kappa shape index (κ3) is 10.3. The number of hydrogen-bond donors (Lipinski definition) is 4. The molecule has 1 atom stereocenters. The molecule has 1 rings (SSSR count). The maximum Gasteiger partial charge on any atom is 0.394 e. The van der Waals surface area contributed by atoms with Crippen LogP contribution in [0, 0.1) is 0 Å². The normalized spacial score (nSPS) is 12.5. The predicted molar refractivity (Wildman–Crippen MR) is 68.9 cm³/mol. The van der Waals surface area contributed by atoms with Crippen molar-refractivity contribution in [1.82, 2.24) is 0 Å². The van der Waals surface area contributed by atoms with Gasteiger partial charge in [-0.2, -0.15) is 21.0 Å². The second-order valence-electron chi connectivity index (χ2n) is 3.25. The second kappa shape index (κ2) is 8.48. The van der Waals surface area contributed by atoms with Crippen LogP contribution in [-0.2, 0) is 10.4 Å². The minimum absolute atomic E-state index is 0.236. The Morgan fingerprint density at radius 3 is 2.00 bits per heavy atom. The van der Waals surface area contributed by atoms with E-state index < -0.39 is 10.4 Å². The zero-order valence-electron chi connectivity index (χ0n) is 9.10. The number of aliphatic hydroxyl groups is 1. The maximum absolute atomic E-state index is 8.80. The van der Waals surface area contributed by atoms with Crippen LogP contribution in [0.15, 0.2) is 30.3 Å². The first-order valence-corrected chi connectivity index (χ1v) is 6.88. The quantitative estimate of drug-likeness (QED) is 0.494. The van der Waals surface area contributed by atoms with Crippen molar-refractivity contribution in [1.29, 1.82) is 0 Å². The number of benzene rings is 1. The van der Waals surface area contributed by atoms with Gasteiger partial charge in [0.15, 0.2) is 0 Å². The van der Waals surface area contributed by atoms with Crippen LogP contribution in [0.1, 0.15) is 17.9 Å². The summed E-state index contributed by atoms with van der Waals surface area (Å²) in [5.41, 5.74) is 1.27. The van der Waals surface area contributed by atoms with E-state index in [2.05, 4.69) is 24.8 Å². The lowest BCUT2D eigenvalue weighted by Crippen LogP contribution is -2.02. The molecule has 0 radical (unpaired) electrons. The van der Waals surface area contributed by atoms with Crippen molar-refractivity contribution in [3.63, 3.8) is 0 Å². The second-order valence-corrected chi connectivity index (χ2v) is 4.51. The van der Waals surface area contributed by atoms with Crippen molar-refractivity contribution < 1.29 is 22.6 Å². The monoisotopic (exact) mass is 280 g/mol. The summed E-state index contributed by atoms with van der Waals surface area (Å²) in [5, 5.41) is 8.80. The first-order chi connectivity index (χ1) is 7.88. The maximum atomic E-state index is 8.80. The van der Waals surface area contributed by atoms with E-state index in [0.29, 0.717) is 5.92 Å². The molecule has 5 nitrogen and oxygen atoms in total. The van der Waals surface area contributed by atoms with E-state index in [0.717, 1.165) is 12.2 Å². The summed E-state index contributed by atoms with van der Waals surface area (Å²) < 4.78 is 31.6. The average molecular weight is 280 g/mol. The molecular weight excluding hydrogens is 264 g/mol. The largest absolute Gasteiger partial charge is 0.396 e. The van der Waals surface area contributed by atoms with Crippen LogP contribution in [-0.4, -0.2) is 35.0 Å². The Labute approximate surface area is 106 Å². The molecule has 1 aromatic rings. The molecule has 0 aliphatic rings. The van der Waals surface area contributed by atoms with Gasteiger partial charge >= 0.3 is 10.4 Å². The lowest BCUT2D eigenvalue weighted by Gasteiger charge is -2.12. The van der Waals surface area contributed by atoms with Crippen molar-refractivity contribution in [2.45, 2.75) is 12.3 Å². The highest BCUT2D eigenvalue weighted by molar-refractivity contribution is 7.80. The molecule has 17 heavy (non-hydrogen) atoms. The number of rotatable bonds is 4. The predicted octanol–water partition coefficient (Wildman–Crippen LogP) is 1.43. The summed E-state index contributed by atoms with van der Waals surface area (Å²) in [6.07, 6.45) is 0.799. The van der Waals surface area contributed by atoms with Crippen molar-refractivity contribution in [3.8, 4) is 0 Å². The summed E-state index contributed by atoms with van der Waals surface area (Å²) in [7, 11) is -4.67. The van der Waals surface area contributed by atoms with Gasteiger partial charge in [-0.05, 0) is 23.7 Å². The van der Waals surface area contributed by atoms with Crippen LogP contribution in [0.25, 0.3) is 0 Å². The minimum Gasteiger partial charge on any atom is -0.396 e. The van der Waals surface area contributed by atoms with Gasteiger partial charge in [0.05, 0.1) is 0 Å². The average Bonchev–Trinajstić information content (AvgIpc) is 2.25. The van der Waals surface area contributed by atoms with Gasteiger partial charge in [-0.25, -0.2) is 0 Å². The van der Waals surface area contributed by atoms with Gasteiger partial charge in [-0.3, -0.25) is 9.11 Å². The molecule has 1 unspecified atom stereocenters. The SMILES string of the molecule is O=S(=O)(O)O.OCCC(CS)c1ccccc1. The van der Waals surface area contributed by atoms with E-state index in [4.69, 9.17) is 22.6 Å². The number of hydrogen-bond acceptors (Lipinski definition) is 4. The standard InChI is InChI=1S/C10H14OS.H2O4S/c11-7-6-10(8-12)9-4-2-1-3-5-9;1-5(2,3)4/h1-5,10-12H,6-8H2;(H2,1,2,3,4). The molecule has 3 N–H and O–H groups in total. The highest BCUT2D eigenvalue weighted by Gasteiger charge is 2.07. The molecule has 0 spiro atoms. The molecular formula is C10H16O5S2. The topological polar surface area (TPSA) is 94.8 Å². The molecule has 0 aliphatic carbocycles. The summed E-state index contributed by atoms with van der Waals surface area (Å²) in [6, 6.07) is 10.2. The van der Waals surface area contributed by atoms with Crippen LogP contribution < -0.4 is 0 Å². The van der Waals surface area contributed by atoms with E-state index in [1.807, 2.05) is 18.2 Å². The third-order valence-electron chi connectivity index (χ3n) is 1.97. The Morgan fingerprint density at radius 1 is 1.18 bits per heavy atom. The number of aliphatic hydroxyl groups excluding tert-OH is 1. The first-order valence-electron chi connectivity index (χ1n) is 4.85. The highest BCUT2D eigenvalue weighted by Crippen LogP contribution is 2.19. The van der Waals surface area contributed by atoms with Gasteiger partial charge in [0.2, 0.25) is 0 Å². The van der Waals surface area contributed by atoms with Crippen molar-refractivity contribution in [2.24, 2.45) is 0 Å². The summed E-state index contributed by atoms with van der Waals surface area (Å²) in [5.74, 6) is 1.18. The smallest absolute Gasteiger partial charge is 0.394 e. The Kier molecular flexibility index (Phi) is 8.19. The molecule has 0 aliphatic heterocycles. The van der Waals surface area contributed by atoms with E-state index in [1.54, 1.807) is 0 Å². The fourth-order valence-electron chi connectivity index (χ4n) is 1.24. The van der Waals surface area contributed by atoms with Gasteiger partial charge in [0.1, 0.15) is 0 Å². The Hall–Kier alpha value is -0.600. The van der Waals surface area contributed by atoms with E-state index in [1.165, 1.54) is 5.56 Å². The molecule has 0 fully saturated rings. The van der Waals surface area contributed by atoms with Gasteiger partial charge < -0.3 is 5.11 Å². The first kappa shape index (κ1) is 16.4. The molecule has 1 aromatic carbocycles. The van der Waals surface area contributed by atoms with E-state index in [9.17, 15) is 0 Å². The summed E-state index contributed by atoms with van der Waals surface area (Å²) >= 11 is 4.25. The molecule has 0 amide bonds. The van der Waals surface area contributed by atoms with Gasteiger partial charge in [-0.15, -0.1) is 0 Å². The van der Waals surface area contributed by atoms with Gasteiger partial charge in [0, 0.05) is 6.61 Å². The fraction of sp³-hybridized carbons (Fsp3) is 0.400. The van der Waals surface area contributed by atoms with E-state index >= 15 is 0 Å². The molecule has 98 valence electrons. The molecule has 0 bridgehead atoms. The third-order valence-corrected chi connectivity index (χ3v) is 2.41. The lowest BCUT2D eigenvalue weighted by atomic mass is 9.98. The highest BCUT2D eigenvalue weighted by atomic mass is 32.3. The Morgan fingerprint density at radius 2 is 1.65 bits per heavy atom. The van der Waals surface area contributed by atoms with Crippen LogP contribution in [0.5, 0.6) is 0 Å². The van der Waals surface area contributed by atoms with E-state index in [-0.39, 0.29) is 6.61 Å². The van der Waals surface area contributed by atoms with Crippen molar-refractivity contribution in [2.75, 3.05) is 12.4 Å². The zero-order valence-corrected chi connectivity index (χ0v) is 10.8. The Bertz CT molecular complexity index is 382. The Balaban J connectivity index is 0.000000437. The van der Waals surface area contributed by atoms with Crippen LogP contribution in [0.2, 0.25) is 0 Å². The minimum atomic E-state index is -4.67. The zero-order chi connectivity index (χ0) is 13.3. The lowest BCUT2D eigenvalue weighted by molar-refractivity contribution is 0.279. The van der Waals surface area contributed by atoms with Crippen LogP contribution in [0.4, 0.5) is 0 Å². The fourth-order valence-corrected chi connectivity index (χ4v) is 1.64. The van der Waals surface area contributed by atoms with Gasteiger partial charge in [0.25, 0.3) is 0 Å². The van der Waals surface area contributed by atoms with Crippen molar-refractivity contribution >= 4 is 23.0 Å². The molecule has 7 heteroatoms. The van der Waals surface area contributed by atoms with Gasteiger partial charge in [-0.1, -0.05) is 30.3 Å². The summed E-state index contributed by atoms with van der Waals surface area (Å²) in [4.78, 5) is 0. The van der Waals surface area contributed by atoms with Crippen LogP contribution >= 0.6 is 12.6 Å². The van der Waals surface area contributed by atoms with Crippen molar-refractivity contribution in [3.05, 3.63) is 35.9 Å².